The minimum Gasteiger partial charge on any atom is -0.366 e. The molecular weight excluding hydrogens is 783 g/mol. The van der Waals surface area contributed by atoms with E-state index < -0.39 is 18.0 Å². The summed E-state index contributed by atoms with van der Waals surface area (Å²) in [6, 6.07) is 31.5. The number of rotatable bonds is 15. The Morgan fingerprint density at radius 1 is 0.661 bits per heavy atom. The molecule has 2 aliphatic carbocycles. The van der Waals surface area contributed by atoms with Gasteiger partial charge in [-0.15, -0.1) is 0 Å². The van der Waals surface area contributed by atoms with Crippen LogP contribution in [-0.2, 0) is 32.0 Å². The van der Waals surface area contributed by atoms with Crippen molar-refractivity contribution in [2.45, 2.75) is 102 Å². The van der Waals surface area contributed by atoms with E-state index in [2.05, 4.69) is 41.0 Å². The van der Waals surface area contributed by atoms with Gasteiger partial charge in [-0.25, -0.2) is 0 Å². The van der Waals surface area contributed by atoms with E-state index in [0.29, 0.717) is 52.3 Å². The van der Waals surface area contributed by atoms with Crippen molar-refractivity contribution in [1.29, 1.82) is 5.26 Å². The predicted molar refractivity (Wildman–Crippen MR) is 231 cm³/mol. The number of nitriles is 1. The van der Waals surface area contributed by atoms with E-state index in [-0.39, 0.29) is 41.6 Å². The third kappa shape index (κ3) is 13.4. The van der Waals surface area contributed by atoms with E-state index in [1.54, 1.807) is 44.2 Å². The lowest BCUT2D eigenvalue weighted by Crippen LogP contribution is -2.41. The number of ketones is 2. The van der Waals surface area contributed by atoms with Gasteiger partial charge in [0.25, 0.3) is 0 Å². The van der Waals surface area contributed by atoms with Gasteiger partial charge >= 0.3 is 0 Å². The topological polar surface area (TPSA) is 159 Å². The van der Waals surface area contributed by atoms with Gasteiger partial charge in [0, 0.05) is 40.3 Å². The van der Waals surface area contributed by atoms with Crippen molar-refractivity contribution in [1.82, 2.24) is 10.6 Å². The van der Waals surface area contributed by atoms with Crippen molar-refractivity contribution < 1.29 is 24.0 Å². The van der Waals surface area contributed by atoms with Crippen LogP contribution in [-0.4, -0.2) is 41.4 Å². The fourth-order valence-electron chi connectivity index (χ4n) is 8.08. The SMILES string of the molecule is C[C@H](NC(=O)[C@@H]1CC[C@@H](c2ccccc2)C1)C(=O)CCc1cc(Cl)cc(C#N)c1.C[C@H](NC(=O)[C@@H]1CC[C@@H](c2ccccc2)C1)C(=O)CCc1cc(Cl)cc(C(N)=O)c1. The van der Waals surface area contributed by atoms with Crippen LogP contribution < -0.4 is 16.4 Å². The first-order valence-corrected chi connectivity index (χ1v) is 21.1. The van der Waals surface area contributed by atoms with E-state index in [1.165, 1.54) is 17.2 Å². The normalized spacial score (nSPS) is 19.3. The third-order valence-corrected chi connectivity index (χ3v) is 11.9. The number of carbonyl (C=O) groups excluding carboxylic acids is 5. The monoisotopic (exact) mass is 834 g/mol. The lowest BCUT2D eigenvalue weighted by Gasteiger charge is -2.17. The highest BCUT2D eigenvalue weighted by molar-refractivity contribution is 6.31. The quantitative estimate of drug-likeness (QED) is 0.109. The van der Waals surface area contributed by atoms with Gasteiger partial charge in [0.1, 0.15) is 0 Å². The van der Waals surface area contributed by atoms with Gasteiger partial charge in [-0.05, 0) is 136 Å². The molecule has 4 N–H and O–H groups in total. The Morgan fingerprint density at radius 2 is 1.10 bits per heavy atom. The van der Waals surface area contributed by atoms with Crippen LogP contribution >= 0.6 is 23.2 Å². The van der Waals surface area contributed by atoms with Crippen molar-refractivity contribution in [2.24, 2.45) is 17.6 Å². The first-order chi connectivity index (χ1) is 28.3. The number of nitrogens with one attached hydrogen (secondary N) is 2. The van der Waals surface area contributed by atoms with Gasteiger partial charge in [-0.2, -0.15) is 5.26 Å². The summed E-state index contributed by atoms with van der Waals surface area (Å²) in [7, 11) is 0. The zero-order chi connectivity index (χ0) is 42.5. The molecule has 0 heterocycles. The predicted octanol–water partition coefficient (Wildman–Crippen LogP) is 8.83. The summed E-state index contributed by atoms with van der Waals surface area (Å²) < 4.78 is 0. The zero-order valence-corrected chi connectivity index (χ0v) is 35.1. The number of benzene rings is 4. The molecule has 0 saturated heterocycles. The first-order valence-electron chi connectivity index (χ1n) is 20.3. The highest BCUT2D eigenvalue weighted by Crippen LogP contribution is 2.39. The maximum absolute atomic E-state index is 12.6. The molecule has 0 aliphatic heterocycles. The van der Waals surface area contributed by atoms with Gasteiger partial charge in [-0.1, -0.05) is 83.9 Å². The molecule has 2 aliphatic rings. The lowest BCUT2D eigenvalue weighted by molar-refractivity contribution is -0.129. The summed E-state index contributed by atoms with van der Waals surface area (Å²) in [6.07, 6.45) is 6.79. The van der Waals surface area contributed by atoms with Crippen LogP contribution in [0.15, 0.2) is 97.1 Å². The summed E-state index contributed by atoms with van der Waals surface area (Å²) in [6.45, 7) is 3.46. The molecular formula is C48H52Cl2N4O5. The number of aryl methyl sites for hydroxylation is 2. The zero-order valence-electron chi connectivity index (χ0n) is 33.6. The number of Topliss-reactive ketones (excluding diaryl/α,β-unsaturated/α-hetero) is 2. The number of halogens is 2. The van der Waals surface area contributed by atoms with E-state index in [1.807, 2.05) is 36.4 Å². The maximum atomic E-state index is 12.6. The fraction of sp³-hybridized carbons (Fsp3) is 0.375. The van der Waals surface area contributed by atoms with E-state index >= 15 is 0 Å². The summed E-state index contributed by atoms with van der Waals surface area (Å²) in [5.74, 6) is 0.00219. The highest BCUT2D eigenvalue weighted by Gasteiger charge is 2.33. The lowest BCUT2D eigenvalue weighted by atomic mass is 9.96. The molecule has 2 saturated carbocycles. The molecule has 6 rings (SSSR count). The number of carbonyl (C=O) groups is 5. The molecule has 6 atom stereocenters. The summed E-state index contributed by atoms with van der Waals surface area (Å²) in [5.41, 5.74) is 10.3. The van der Waals surface area contributed by atoms with Gasteiger partial charge in [-0.3, -0.25) is 24.0 Å². The van der Waals surface area contributed by atoms with Crippen molar-refractivity contribution >= 4 is 52.5 Å². The molecule has 9 nitrogen and oxygen atoms in total. The van der Waals surface area contributed by atoms with Gasteiger partial charge in [0.05, 0.1) is 23.7 Å². The molecule has 2 fully saturated rings. The standard InChI is InChI=1S/C24H27ClN2O3.C24H25ClN2O2/c1-15(22(28)10-7-16-11-20(23(26)29)14-21(25)12-16)27-24(30)19-9-8-18(13-19)17-5-3-2-4-6-17;1-16(23(28)10-7-17-11-18(15-26)13-22(25)12-17)27-24(29)21-9-8-20(14-21)19-5-3-2-4-6-19/h2-6,11-12,14-15,18-19H,7-10,13H2,1H3,(H2,26,29)(H,27,30);2-6,11-13,16,20-21H,7-10,14H2,1H3,(H,27,29)/t15-,18+,19+;16-,20+,21+/m00/s1. The molecule has 308 valence electrons. The van der Waals surface area contributed by atoms with Crippen molar-refractivity contribution in [3.63, 3.8) is 0 Å². The van der Waals surface area contributed by atoms with E-state index in [0.717, 1.165) is 49.7 Å². The number of nitrogens with zero attached hydrogens (tertiary/aromatic N) is 1. The first kappa shape index (κ1) is 44.8. The molecule has 3 amide bonds. The highest BCUT2D eigenvalue weighted by atomic mass is 35.5. The van der Waals surface area contributed by atoms with Gasteiger partial charge < -0.3 is 16.4 Å². The van der Waals surface area contributed by atoms with E-state index in [4.69, 9.17) is 34.2 Å². The molecule has 4 aromatic rings. The molecule has 0 aromatic heterocycles. The maximum Gasteiger partial charge on any atom is 0.248 e. The van der Waals surface area contributed by atoms with Crippen LogP contribution in [0.25, 0.3) is 0 Å². The number of nitrogens with two attached hydrogens (primary N) is 1. The summed E-state index contributed by atoms with van der Waals surface area (Å²) in [4.78, 5) is 61.6. The minimum atomic E-state index is -0.559. The minimum absolute atomic E-state index is 0.0190. The summed E-state index contributed by atoms with van der Waals surface area (Å²) >= 11 is 12.0. The second-order valence-corrected chi connectivity index (χ2v) is 16.7. The third-order valence-electron chi connectivity index (χ3n) is 11.5. The van der Waals surface area contributed by atoms with E-state index in [9.17, 15) is 24.0 Å². The smallest absolute Gasteiger partial charge is 0.248 e. The molecule has 0 bridgehead atoms. The number of primary amides is 1. The molecule has 0 spiro atoms. The Hall–Kier alpha value is -5.30. The molecule has 0 radical (unpaired) electrons. The Bertz CT molecular complexity index is 2160. The van der Waals surface area contributed by atoms with Crippen LogP contribution in [0.1, 0.15) is 115 Å². The van der Waals surface area contributed by atoms with Crippen molar-refractivity contribution in [3.05, 3.63) is 140 Å². The fourth-order valence-corrected chi connectivity index (χ4v) is 8.60. The molecule has 11 heteroatoms. The van der Waals surface area contributed by atoms with Gasteiger partial charge in [0.2, 0.25) is 17.7 Å². The van der Waals surface area contributed by atoms with Gasteiger partial charge in [0.15, 0.2) is 11.6 Å². The van der Waals surface area contributed by atoms with Crippen LogP contribution in [0.5, 0.6) is 0 Å². The second-order valence-electron chi connectivity index (χ2n) is 15.8. The summed E-state index contributed by atoms with van der Waals surface area (Å²) in [5, 5.41) is 15.7. The van der Waals surface area contributed by atoms with Crippen LogP contribution in [0, 0.1) is 23.2 Å². The largest absolute Gasteiger partial charge is 0.366 e. The van der Waals surface area contributed by atoms with Crippen molar-refractivity contribution in [3.8, 4) is 6.07 Å². The molecule has 4 aromatic carbocycles. The average molecular weight is 836 g/mol. The van der Waals surface area contributed by atoms with Crippen molar-refractivity contribution in [2.75, 3.05) is 0 Å². The number of hydrogen-bond acceptors (Lipinski definition) is 6. The Kier molecular flexibility index (Phi) is 16.4. The molecule has 0 unspecified atom stereocenters. The molecule has 59 heavy (non-hydrogen) atoms. The van der Waals surface area contributed by atoms with Crippen LogP contribution in [0.3, 0.4) is 0 Å². The van der Waals surface area contributed by atoms with Crippen LogP contribution in [0.2, 0.25) is 10.0 Å². The Labute approximate surface area is 357 Å². The van der Waals surface area contributed by atoms with Crippen LogP contribution in [0.4, 0.5) is 0 Å². The number of hydrogen-bond donors (Lipinski definition) is 3. The average Bonchev–Trinajstić information content (AvgIpc) is 3.94. The Morgan fingerprint density at radius 3 is 1.54 bits per heavy atom. The number of amides is 3. The Balaban J connectivity index is 0.000000224. The second kappa shape index (κ2) is 21.6.